The van der Waals surface area contributed by atoms with Crippen molar-refractivity contribution in [2.24, 2.45) is 0 Å². The van der Waals surface area contributed by atoms with E-state index >= 15 is 0 Å². The van der Waals surface area contributed by atoms with Crippen LogP contribution >= 0.6 is 0 Å². The van der Waals surface area contributed by atoms with Crippen LogP contribution in [0.5, 0.6) is 0 Å². The van der Waals surface area contributed by atoms with E-state index in [4.69, 9.17) is 0 Å². The molecule has 0 aliphatic carbocycles. The van der Waals surface area contributed by atoms with Gasteiger partial charge in [-0.15, -0.1) is 0 Å². The Labute approximate surface area is 135 Å². The van der Waals surface area contributed by atoms with Crippen LogP contribution in [0.25, 0.3) is 0 Å². The van der Waals surface area contributed by atoms with Crippen LogP contribution in [-0.2, 0) is 6.54 Å². The van der Waals surface area contributed by atoms with Gasteiger partial charge in [0, 0.05) is 44.8 Å². The average molecular weight is 314 g/mol. The minimum Gasteiger partial charge on any atom is -0.357 e. The van der Waals surface area contributed by atoms with Crippen LogP contribution in [-0.4, -0.2) is 45.1 Å². The Morgan fingerprint density at radius 1 is 1.22 bits per heavy atom. The van der Waals surface area contributed by atoms with Gasteiger partial charge in [-0.3, -0.25) is 4.79 Å². The molecule has 7 heteroatoms. The topological polar surface area (TPSA) is 75.9 Å². The fourth-order valence-corrected chi connectivity index (χ4v) is 2.72. The summed E-state index contributed by atoms with van der Waals surface area (Å²) in [5.74, 6) is 0.883. The van der Waals surface area contributed by atoms with Gasteiger partial charge in [0.25, 0.3) is 5.91 Å². The number of carbonyl (C=O) groups excluding carboxylic acids is 1. The third-order valence-electron chi connectivity index (χ3n) is 3.96. The number of anilines is 1. The zero-order chi connectivity index (χ0) is 15.9. The molecule has 2 aromatic heterocycles. The highest BCUT2D eigenvalue weighted by molar-refractivity contribution is 5.90. The summed E-state index contributed by atoms with van der Waals surface area (Å²) in [6.07, 6.45) is 11.6. The predicted molar refractivity (Wildman–Crippen MR) is 87.3 cm³/mol. The molecule has 1 aliphatic heterocycles. The summed E-state index contributed by atoms with van der Waals surface area (Å²) in [6.45, 7) is 3.43. The third kappa shape index (κ3) is 4.28. The molecule has 0 aromatic carbocycles. The van der Waals surface area contributed by atoms with Crippen LogP contribution in [0.1, 0.15) is 36.3 Å². The standard InChI is InChI=1S/C16H22N6O/c23-16(19-6-4-9-21-12-8-17-13-21)15-18-7-5-14(20-15)22-10-2-1-3-11-22/h5,7-8,12-13H,1-4,6,9-11H2,(H,19,23). The maximum absolute atomic E-state index is 12.2. The highest BCUT2D eigenvalue weighted by Crippen LogP contribution is 2.16. The highest BCUT2D eigenvalue weighted by Gasteiger charge is 2.15. The van der Waals surface area contributed by atoms with Gasteiger partial charge in [0.05, 0.1) is 6.33 Å². The number of nitrogens with one attached hydrogen (secondary N) is 1. The quantitative estimate of drug-likeness (QED) is 0.817. The van der Waals surface area contributed by atoms with Gasteiger partial charge in [-0.1, -0.05) is 0 Å². The summed E-state index contributed by atoms with van der Waals surface area (Å²) in [6, 6.07) is 1.88. The molecule has 0 bridgehead atoms. The van der Waals surface area contributed by atoms with Crippen LogP contribution in [0.4, 0.5) is 5.82 Å². The van der Waals surface area contributed by atoms with E-state index in [9.17, 15) is 4.79 Å². The maximum atomic E-state index is 12.2. The van der Waals surface area contributed by atoms with Gasteiger partial charge in [0.15, 0.2) is 0 Å². The number of rotatable bonds is 6. The predicted octanol–water partition coefficient (Wildman–Crippen LogP) is 1.48. The van der Waals surface area contributed by atoms with Crippen molar-refractivity contribution in [1.29, 1.82) is 0 Å². The van der Waals surface area contributed by atoms with E-state index in [1.165, 1.54) is 19.3 Å². The van der Waals surface area contributed by atoms with Crippen molar-refractivity contribution in [3.05, 3.63) is 36.8 Å². The second-order valence-corrected chi connectivity index (χ2v) is 5.70. The van der Waals surface area contributed by atoms with Crippen LogP contribution in [0.2, 0.25) is 0 Å². The molecule has 7 nitrogen and oxygen atoms in total. The van der Waals surface area contributed by atoms with Crippen molar-refractivity contribution >= 4 is 11.7 Å². The first kappa shape index (κ1) is 15.5. The normalized spacial score (nSPS) is 14.7. The molecule has 0 radical (unpaired) electrons. The van der Waals surface area contributed by atoms with Gasteiger partial charge < -0.3 is 14.8 Å². The lowest BCUT2D eigenvalue weighted by Gasteiger charge is -2.27. The molecule has 3 heterocycles. The number of piperidine rings is 1. The van der Waals surface area contributed by atoms with E-state index in [2.05, 4.69) is 25.2 Å². The molecule has 1 fully saturated rings. The molecule has 23 heavy (non-hydrogen) atoms. The van der Waals surface area contributed by atoms with Crippen molar-refractivity contribution in [3.63, 3.8) is 0 Å². The molecule has 122 valence electrons. The van der Waals surface area contributed by atoms with Crippen molar-refractivity contribution in [3.8, 4) is 0 Å². The minimum atomic E-state index is -0.213. The Morgan fingerprint density at radius 3 is 2.87 bits per heavy atom. The van der Waals surface area contributed by atoms with E-state index in [1.807, 2.05) is 16.8 Å². The number of nitrogens with zero attached hydrogens (tertiary/aromatic N) is 5. The van der Waals surface area contributed by atoms with Gasteiger partial charge >= 0.3 is 0 Å². The SMILES string of the molecule is O=C(NCCCn1ccnc1)c1nccc(N2CCCCC2)n1. The molecular weight excluding hydrogens is 292 g/mol. The van der Waals surface area contributed by atoms with E-state index in [1.54, 1.807) is 18.7 Å². The van der Waals surface area contributed by atoms with Crippen molar-refractivity contribution in [1.82, 2.24) is 24.8 Å². The van der Waals surface area contributed by atoms with Gasteiger partial charge in [-0.25, -0.2) is 15.0 Å². The highest BCUT2D eigenvalue weighted by atomic mass is 16.2. The molecule has 0 saturated carbocycles. The molecule has 1 N–H and O–H groups in total. The first-order valence-electron chi connectivity index (χ1n) is 8.15. The van der Waals surface area contributed by atoms with Gasteiger partial charge in [0.2, 0.25) is 5.82 Å². The van der Waals surface area contributed by atoms with E-state index in [0.717, 1.165) is 31.9 Å². The van der Waals surface area contributed by atoms with Gasteiger partial charge in [-0.2, -0.15) is 0 Å². The summed E-state index contributed by atoms with van der Waals surface area (Å²) < 4.78 is 1.99. The second kappa shape index (κ2) is 7.71. The molecule has 0 atom stereocenters. The van der Waals surface area contributed by atoms with E-state index in [-0.39, 0.29) is 11.7 Å². The number of hydrogen-bond acceptors (Lipinski definition) is 5. The summed E-state index contributed by atoms with van der Waals surface area (Å²) in [5.41, 5.74) is 0. The lowest BCUT2D eigenvalue weighted by Crippen LogP contribution is -2.32. The molecular formula is C16H22N6O. The Kier molecular flexibility index (Phi) is 5.18. The third-order valence-corrected chi connectivity index (χ3v) is 3.96. The molecule has 0 spiro atoms. The summed E-state index contributed by atoms with van der Waals surface area (Å²) >= 11 is 0. The average Bonchev–Trinajstić information content (AvgIpc) is 3.13. The van der Waals surface area contributed by atoms with Crippen LogP contribution in [0.15, 0.2) is 31.0 Å². The Balaban J connectivity index is 1.50. The van der Waals surface area contributed by atoms with Crippen molar-refractivity contribution < 1.29 is 4.79 Å². The van der Waals surface area contributed by atoms with Crippen LogP contribution < -0.4 is 10.2 Å². The number of aryl methyl sites for hydroxylation is 1. The summed E-state index contributed by atoms with van der Waals surface area (Å²) in [7, 11) is 0. The summed E-state index contributed by atoms with van der Waals surface area (Å²) in [4.78, 5) is 26.9. The van der Waals surface area contributed by atoms with E-state index < -0.39 is 0 Å². The Bertz CT molecular complexity index is 621. The molecule has 2 aromatic rings. The number of hydrogen-bond donors (Lipinski definition) is 1. The largest absolute Gasteiger partial charge is 0.357 e. The first-order chi connectivity index (χ1) is 11.3. The summed E-state index contributed by atoms with van der Waals surface area (Å²) in [5, 5.41) is 2.88. The minimum absolute atomic E-state index is 0.213. The monoisotopic (exact) mass is 314 g/mol. The molecule has 1 amide bonds. The second-order valence-electron chi connectivity index (χ2n) is 5.70. The van der Waals surface area contributed by atoms with Gasteiger partial charge in [0.1, 0.15) is 5.82 Å². The first-order valence-corrected chi connectivity index (χ1v) is 8.15. The molecule has 1 saturated heterocycles. The fraction of sp³-hybridized carbons (Fsp3) is 0.500. The van der Waals surface area contributed by atoms with E-state index in [0.29, 0.717) is 6.54 Å². The molecule has 3 rings (SSSR count). The smallest absolute Gasteiger partial charge is 0.289 e. The van der Waals surface area contributed by atoms with Crippen LogP contribution in [0, 0.1) is 0 Å². The fourth-order valence-electron chi connectivity index (χ4n) is 2.72. The lowest BCUT2D eigenvalue weighted by molar-refractivity contribution is 0.0942. The molecule has 1 aliphatic rings. The number of imidazole rings is 1. The maximum Gasteiger partial charge on any atom is 0.289 e. The van der Waals surface area contributed by atoms with Crippen LogP contribution in [0.3, 0.4) is 0 Å². The van der Waals surface area contributed by atoms with Crippen molar-refractivity contribution in [2.75, 3.05) is 24.5 Å². The number of carbonyl (C=O) groups is 1. The van der Waals surface area contributed by atoms with Gasteiger partial charge in [-0.05, 0) is 31.7 Å². The lowest BCUT2D eigenvalue weighted by atomic mass is 10.1. The Morgan fingerprint density at radius 2 is 2.09 bits per heavy atom. The zero-order valence-corrected chi connectivity index (χ0v) is 13.2. The number of aromatic nitrogens is 4. The molecule has 0 unspecified atom stereocenters. The Hall–Kier alpha value is -2.44. The number of amides is 1. The van der Waals surface area contributed by atoms with Crippen molar-refractivity contribution in [2.45, 2.75) is 32.2 Å². The zero-order valence-electron chi connectivity index (χ0n) is 13.2.